The lowest BCUT2D eigenvalue weighted by Gasteiger charge is -2.34. The van der Waals surface area contributed by atoms with Crippen LogP contribution in [0.25, 0.3) is 0 Å². The summed E-state index contributed by atoms with van der Waals surface area (Å²) in [5.74, 6) is 4.84. The van der Waals surface area contributed by atoms with E-state index in [2.05, 4.69) is 4.90 Å². The Balaban J connectivity index is 2.08. The number of morpholine rings is 1. The minimum absolute atomic E-state index is 0.0241. The highest BCUT2D eigenvalue weighted by Gasteiger charge is 2.24. The predicted octanol–water partition coefficient (Wildman–Crippen LogP) is -0.924. The van der Waals surface area contributed by atoms with E-state index in [4.69, 9.17) is 15.0 Å². The fourth-order valence-electron chi connectivity index (χ4n) is 2.01. The van der Waals surface area contributed by atoms with Gasteiger partial charge < -0.3 is 14.3 Å². The SMILES string of the molecule is NNC(=O)c1occc1CN1CCOCC1CO. The molecule has 0 aromatic carbocycles. The molecule has 2 heterocycles. The van der Waals surface area contributed by atoms with Crippen molar-refractivity contribution < 1.29 is 19.1 Å². The number of nitrogens with zero attached hydrogens (tertiary/aromatic N) is 1. The molecule has 1 fully saturated rings. The van der Waals surface area contributed by atoms with Crippen LogP contribution in [0.5, 0.6) is 0 Å². The highest BCUT2D eigenvalue weighted by Crippen LogP contribution is 2.16. The molecule has 4 N–H and O–H groups in total. The summed E-state index contributed by atoms with van der Waals surface area (Å²) < 4.78 is 10.4. The molecular weight excluding hydrogens is 238 g/mol. The third kappa shape index (κ3) is 2.70. The first-order valence-electron chi connectivity index (χ1n) is 5.76. The predicted molar refractivity (Wildman–Crippen MR) is 62.5 cm³/mol. The van der Waals surface area contributed by atoms with Gasteiger partial charge in [0.15, 0.2) is 5.76 Å². The van der Waals surface area contributed by atoms with E-state index in [1.54, 1.807) is 6.07 Å². The van der Waals surface area contributed by atoms with Gasteiger partial charge in [0.25, 0.3) is 0 Å². The number of hydrazine groups is 1. The standard InChI is InChI=1S/C11H17N3O4/c12-13-11(16)10-8(1-3-18-10)5-14-2-4-17-7-9(14)6-15/h1,3,9,15H,2,4-7,12H2,(H,13,16). The van der Waals surface area contributed by atoms with Gasteiger partial charge in [-0.3, -0.25) is 15.1 Å². The number of nitrogen functional groups attached to an aromatic ring is 1. The van der Waals surface area contributed by atoms with Crippen LogP contribution >= 0.6 is 0 Å². The van der Waals surface area contributed by atoms with Crippen LogP contribution in [-0.2, 0) is 11.3 Å². The zero-order valence-corrected chi connectivity index (χ0v) is 9.96. The largest absolute Gasteiger partial charge is 0.459 e. The second-order valence-electron chi connectivity index (χ2n) is 4.13. The van der Waals surface area contributed by atoms with Crippen LogP contribution in [0.1, 0.15) is 16.1 Å². The Morgan fingerprint density at radius 1 is 1.67 bits per heavy atom. The number of amides is 1. The average molecular weight is 255 g/mol. The molecule has 0 bridgehead atoms. The Morgan fingerprint density at radius 2 is 2.50 bits per heavy atom. The molecule has 0 radical (unpaired) electrons. The second kappa shape index (κ2) is 5.96. The van der Waals surface area contributed by atoms with Gasteiger partial charge in [-0.25, -0.2) is 5.84 Å². The van der Waals surface area contributed by atoms with Gasteiger partial charge in [0.1, 0.15) is 0 Å². The minimum Gasteiger partial charge on any atom is -0.459 e. The molecule has 1 amide bonds. The van der Waals surface area contributed by atoms with Gasteiger partial charge in [0, 0.05) is 18.7 Å². The number of rotatable bonds is 4. The maximum Gasteiger partial charge on any atom is 0.301 e. The quantitative estimate of drug-likeness (QED) is 0.365. The molecule has 0 spiro atoms. The van der Waals surface area contributed by atoms with Gasteiger partial charge in [-0.2, -0.15) is 0 Å². The van der Waals surface area contributed by atoms with E-state index in [0.29, 0.717) is 26.3 Å². The maximum atomic E-state index is 11.5. The highest BCUT2D eigenvalue weighted by atomic mass is 16.5. The van der Waals surface area contributed by atoms with Crippen molar-refractivity contribution in [3.05, 3.63) is 23.7 Å². The Morgan fingerprint density at radius 3 is 3.22 bits per heavy atom. The first kappa shape index (κ1) is 13.0. The Hall–Kier alpha value is -1.41. The zero-order valence-electron chi connectivity index (χ0n) is 9.96. The normalized spacial score (nSPS) is 20.9. The number of carbonyl (C=O) groups is 1. The maximum absolute atomic E-state index is 11.5. The van der Waals surface area contributed by atoms with Crippen LogP contribution in [0.2, 0.25) is 0 Å². The van der Waals surface area contributed by atoms with Crippen molar-refractivity contribution in [2.24, 2.45) is 5.84 Å². The van der Waals surface area contributed by atoms with Crippen LogP contribution in [0.3, 0.4) is 0 Å². The van der Waals surface area contributed by atoms with Crippen molar-refractivity contribution >= 4 is 5.91 Å². The smallest absolute Gasteiger partial charge is 0.301 e. The van der Waals surface area contributed by atoms with Gasteiger partial charge in [0.05, 0.1) is 32.1 Å². The molecule has 1 unspecified atom stereocenters. The fourth-order valence-corrected chi connectivity index (χ4v) is 2.01. The van der Waals surface area contributed by atoms with Crippen molar-refractivity contribution in [3.8, 4) is 0 Å². The number of hydrogen-bond donors (Lipinski definition) is 3. The van der Waals surface area contributed by atoms with Gasteiger partial charge in [-0.05, 0) is 6.07 Å². The molecule has 1 aliphatic rings. The minimum atomic E-state index is -0.455. The molecule has 7 nitrogen and oxygen atoms in total. The van der Waals surface area contributed by atoms with E-state index in [1.165, 1.54) is 6.26 Å². The number of aliphatic hydroxyl groups is 1. The average Bonchev–Trinajstić information content (AvgIpc) is 2.86. The molecule has 0 saturated carbocycles. The van der Waals surface area contributed by atoms with Gasteiger partial charge in [-0.15, -0.1) is 0 Å². The van der Waals surface area contributed by atoms with Gasteiger partial charge in [0.2, 0.25) is 0 Å². The summed E-state index contributed by atoms with van der Waals surface area (Å²) in [6.45, 7) is 2.36. The van der Waals surface area contributed by atoms with Gasteiger partial charge in [-0.1, -0.05) is 0 Å². The lowest BCUT2D eigenvalue weighted by atomic mass is 10.1. The Bertz CT molecular complexity index is 407. The lowest BCUT2D eigenvalue weighted by Crippen LogP contribution is -2.47. The number of hydrogen-bond acceptors (Lipinski definition) is 6. The number of nitrogens with one attached hydrogen (secondary N) is 1. The summed E-state index contributed by atoms with van der Waals surface area (Å²) in [6.07, 6.45) is 1.45. The lowest BCUT2D eigenvalue weighted by molar-refractivity contribution is -0.0314. The summed E-state index contributed by atoms with van der Waals surface area (Å²) in [6, 6.07) is 1.68. The topological polar surface area (TPSA) is 101 Å². The third-order valence-electron chi connectivity index (χ3n) is 3.02. The summed E-state index contributed by atoms with van der Waals surface area (Å²) in [7, 11) is 0. The monoisotopic (exact) mass is 255 g/mol. The number of ether oxygens (including phenoxy) is 1. The molecule has 18 heavy (non-hydrogen) atoms. The summed E-state index contributed by atoms with van der Waals surface area (Å²) in [5, 5.41) is 9.27. The molecule has 1 aromatic heterocycles. The second-order valence-corrected chi connectivity index (χ2v) is 4.13. The van der Waals surface area contributed by atoms with Crippen molar-refractivity contribution in [1.82, 2.24) is 10.3 Å². The molecule has 1 saturated heterocycles. The van der Waals surface area contributed by atoms with Crippen molar-refractivity contribution in [2.75, 3.05) is 26.4 Å². The van der Waals surface area contributed by atoms with Crippen LogP contribution in [0.4, 0.5) is 0 Å². The Labute approximate surface area is 104 Å². The van der Waals surface area contributed by atoms with E-state index >= 15 is 0 Å². The molecule has 1 atom stereocenters. The van der Waals surface area contributed by atoms with Gasteiger partial charge >= 0.3 is 5.91 Å². The molecular formula is C11H17N3O4. The number of carbonyl (C=O) groups excluding carboxylic acids is 1. The Kier molecular flexibility index (Phi) is 4.32. The fraction of sp³-hybridized carbons (Fsp3) is 0.545. The highest BCUT2D eigenvalue weighted by molar-refractivity contribution is 5.92. The first-order chi connectivity index (χ1) is 8.76. The molecule has 100 valence electrons. The summed E-state index contributed by atoms with van der Waals surface area (Å²) >= 11 is 0. The first-order valence-corrected chi connectivity index (χ1v) is 5.76. The number of aliphatic hydroxyl groups excluding tert-OH is 1. The van der Waals surface area contributed by atoms with E-state index in [-0.39, 0.29) is 18.4 Å². The molecule has 0 aliphatic carbocycles. The van der Waals surface area contributed by atoms with E-state index in [1.807, 2.05) is 5.43 Å². The molecule has 1 aromatic rings. The van der Waals surface area contributed by atoms with Crippen molar-refractivity contribution in [1.29, 1.82) is 0 Å². The molecule has 1 aliphatic heterocycles. The summed E-state index contributed by atoms with van der Waals surface area (Å²) in [4.78, 5) is 13.5. The van der Waals surface area contributed by atoms with Crippen LogP contribution in [0, 0.1) is 0 Å². The van der Waals surface area contributed by atoms with E-state index < -0.39 is 5.91 Å². The van der Waals surface area contributed by atoms with Crippen LogP contribution in [0.15, 0.2) is 16.7 Å². The van der Waals surface area contributed by atoms with Crippen molar-refractivity contribution in [3.63, 3.8) is 0 Å². The number of nitrogens with two attached hydrogens (primary N) is 1. The third-order valence-corrected chi connectivity index (χ3v) is 3.02. The van der Waals surface area contributed by atoms with E-state index in [0.717, 1.165) is 5.56 Å². The van der Waals surface area contributed by atoms with E-state index in [9.17, 15) is 9.90 Å². The molecule has 7 heteroatoms. The van der Waals surface area contributed by atoms with Crippen LogP contribution in [-0.4, -0.2) is 48.3 Å². The molecule has 2 rings (SSSR count). The zero-order chi connectivity index (χ0) is 13.0. The van der Waals surface area contributed by atoms with Crippen molar-refractivity contribution in [2.45, 2.75) is 12.6 Å². The number of furan rings is 1. The summed E-state index contributed by atoms with van der Waals surface area (Å²) in [5.41, 5.74) is 2.79. The van der Waals surface area contributed by atoms with Crippen LogP contribution < -0.4 is 11.3 Å².